The van der Waals surface area contributed by atoms with Crippen LogP contribution in [0, 0.1) is 28.1 Å². The lowest BCUT2D eigenvalue weighted by Crippen LogP contribution is -2.40. The maximum atomic E-state index is 13.0. The van der Waals surface area contributed by atoms with Gasteiger partial charge in [-0.25, -0.2) is 9.56 Å². The molecule has 2 heterocycles. The van der Waals surface area contributed by atoms with Gasteiger partial charge in [0.2, 0.25) is 5.60 Å². The minimum Gasteiger partial charge on any atom is -0.387 e. The van der Waals surface area contributed by atoms with Crippen LogP contribution in [0.1, 0.15) is 139 Å². The van der Waals surface area contributed by atoms with Crippen LogP contribution >= 0.6 is 19.4 Å². The van der Waals surface area contributed by atoms with Gasteiger partial charge in [0.1, 0.15) is 36.8 Å². The number of phosphoric acid groups is 1. The number of aromatic nitrogens is 1. The molecular formula is C42H63ClN5O9P. The Hall–Kier alpha value is -2.98. The predicted octanol–water partition coefficient (Wildman–Crippen LogP) is 8.79. The Morgan fingerprint density at radius 2 is 1.60 bits per heavy atom. The molecule has 1 unspecified atom stereocenters. The van der Waals surface area contributed by atoms with Crippen molar-refractivity contribution in [1.29, 1.82) is 15.9 Å². The molecule has 2 aromatic rings. The van der Waals surface area contributed by atoms with E-state index in [1.165, 1.54) is 95.6 Å². The lowest BCUT2D eigenvalue weighted by molar-refractivity contribution is -0.0682. The number of aliphatic imine (C=N–C) groups is 1. The highest BCUT2D eigenvalue weighted by Gasteiger charge is 2.57. The number of nitrogens with one attached hydrogen (secondary N) is 2. The van der Waals surface area contributed by atoms with Gasteiger partial charge in [-0.15, -0.1) is 0 Å². The van der Waals surface area contributed by atoms with Crippen LogP contribution in [0.4, 0.5) is 0 Å². The largest absolute Gasteiger partial charge is 0.472 e. The second kappa shape index (κ2) is 27.0. The van der Waals surface area contributed by atoms with E-state index in [4.69, 9.17) is 40.3 Å². The number of aliphatic hydroxyl groups is 2. The third kappa shape index (κ3) is 16.9. The van der Waals surface area contributed by atoms with E-state index < -0.39 is 51.1 Å². The van der Waals surface area contributed by atoms with Crippen molar-refractivity contribution < 1.29 is 42.9 Å². The molecule has 58 heavy (non-hydrogen) atoms. The summed E-state index contributed by atoms with van der Waals surface area (Å²) in [5.41, 5.74) is -0.0641. The maximum absolute atomic E-state index is 13.0. The summed E-state index contributed by atoms with van der Waals surface area (Å²) >= 11 is 6.16. The van der Waals surface area contributed by atoms with E-state index in [1.807, 2.05) is 12.1 Å². The van der Waals surface area contributed by atoms with E-state index in [0.29, 0.717) is 34.2 Å². The maximum Gasteiger partial charge on any atom is 0.472 e. The first-order valence-corrected chi connectivity index (χ1v) is 22.5. The molecule has 1 fully saturated rings. The Kier molecular flexibility index (Phi) is 23.0. The van der Waals surface area contributed by atoms with Crippen LogP contribution in [0.15, 0.2) is 35.3 Å². The lowest BCUT2D eigenvalue weighted by atomic mass is 9.93. The molecule has 0 amide bonds. The van der Waals surface area contributed by atoms with E-state index in [-0.39, 0.29) is 18.9 Å². The van der Waals surface area contributed by atoms with Gasteiger partial charge in [0, 0.05) is 11.6 Å². The van der Waals surface area contributed by atoms with Crippen molar-refractivity contribution >= 4 is 31.5 Å². The van der Waals surface area contributed by atoms with Crippen LogP contribution in [0.5, 0.6) is 0 Å². The van der Waals surface area contributed by atoms with E-state index in [0.717, 1.165) is 25.6 Å². The van der Waals surface area contributed by atoms with E-state index in [2.05, 4.69) is 16.9 Å². The zero-order chi connectivity index (χ0) is 42.2. The molecule has 0 radical (unpaired) electrons. The number of H-pyrrole nitrogens is 1. The zero-order valence-corrected chi connectivity index (χ0v) is 35.7. The van der Waals surface area contributed by atoms with E-state index >= 15 is 0 Å². The molecule has 322 valence electrons. The van der Waals surface area contributed by atoms with Crippen molar-refractivity contribution in [2.75, 3.05) is 26.4 Å². The number of nitriles is 2. The lowest BCUT2D eigenvalue weighted by Gasteiger charge is -2.23. The first-order valence-electron chi connectivity index (χ1n) is 20.7. The van der Waals surface area contributed by atoms with Gasteiger partial charge in [-0.3, -0.25) is 14.5 Å². The summed E-state index contributed by atoms with van der Waals surface area (Å²) in [6.07, 6.45) is 15.5. The van der Waals surface area contributed by atoms with E-state index in [1.54, 1.807) is 25.1 Å². The van der Waals surface area contributed by atoms with Gasteiger partial charge in [-0.2, -0.15) is 10.5 Å². The molecule has 5 N–H and O–H groups in total. The van der Waals surface area contributed by atoms with Crippen LogP contribution < -0.4 is 0 Å². The number of unbranched alkanes of at least 4 members (excludes halogenated alkanes) is 15. The Labute approximate surface area is 349 Å². The number of halogens is 1. The standard InChI is InChI=1S/C42H63ClN5O9P/c1-3-4-5-6-7-8-9-10-11-12-13-14-15-16-17-18-21-53-27-36(54-26-34-22-33(25-44)23-35(43)24-34)28-55-58(51,52)56-29-38-40(49)41(50)42(30-45,57-38)39-20-19-37(48-39)32(2)47-31-46/h19-20,22-24,31,36,38,40-41,46,48-50H,3-18,21,26-29H2,1-2H3,(H,51,52)/b46-31?,47-32-/t36-,38-,40-,41-,42+/m1/s1. The molecule has 1 saturated heterocycles. The Balaban J connectivity index is 1.44. The summed E-state index contributed by atoms with van der Waals surface area (Å²) in [6.45, 7) is 3.33. The Morgan fingerprint density at radius 3 is 2.19 bits per heavy atom. The summed E-state index contributed by atoms with van der Waals surface area (Å²) in [6, 6.07) is 11.8. The summed E-state index contributed by atoms with van der Waals surface area (Å²) in [4.78, 5) is 17.4. The van der Waals surface area contributed by atoms with Crippen molar-refractivity contribution in [1.82, 2.24) is 4.98 Å². The van der Waals surface area contributed by atoms with Crippen molar-refractivity contribution in [3.63, 3.8) is 0 Å². The number of aliphatic hydroxyl groups excluding tert-OH is 2. The summed E-state index contributed by atoms with van der Waals surface area (Å²) in [5.74, 6) is 0. The van der Waals surface area contributed by atoms with Gasteiger partial charge in [-0.1, -0.05) is 115 Å². The second-order valence-electron chi connectivity index (χ2n) is 14.9. The fraction of sp³-hybridized carbons (Fsp3) is 0.667. The highest BCUT2D eigenvalue weighted by molar-refractivity contribution is 7.47. The molecule has 0 spiro atoms. The summed E-state index contributed by atoms with van der Waals surface area (Å²) < 4.78 is 41.1. The minimum absolute atomic E-state index is 0.0195. The predicted molar refractivity (Wildman–Crippen MR) is 223 cm³/mol. The number of aromatic amines is 1. The first-order chi connectivity index (χ1) is 28.0. The van der Waals surface area contributed by atoms with Crippen molar-refractivity contribution in [2.45, 2.75) is 153 Å². The van der Waals surface area contributed by atoms with Crippen LogP contribution in [0.25, 0.3) is 0 Å². The number of hydrogen-bond acceptors (Lipinski definition) is 11. The Bertz CT molecular complexity index is 1680. The fourth-order valence-electron chi connectivity index (χ4n) is 6.83. The third-order valence-electron chi connectivity index (χ3n) is 10.2. The first kappa shape index (κ1) is 49.4. The number of hydrogen-bond donors (Lipinski definition) is 5. The van der Waals surface area contributed by atoms with Crippen LogP contribution in [0.2, 0.25) is 5.02 Å². The molecule has 1 aliphatic heterocycles. The summed E-state index contributed by atoms with van der Waals surface area (Å²) in [7, 11) is -4.78. The average Bonchev–Trinajstić information content (AvgIpc) is 3.80. The number of nitrogens with zero attached hydrogens (tertiary/aromatic N) is 3. The molecule has 14 nitrogen and oxygen atoms in total. The monoisotopic (exact) mass is 847 g/mol. The van der Waals surface area contributed by atoms with Crippen molar-refractivity contribution in [3.05, 3.63) is 57.9 Å². The highest BCUT2D eigenvalue weighted by Crippen LogP contribution is 2.46. The molecule has 1 aliphatic rings. The molecular weight excluding hydrogens is 785 g/mol. The van der Waals surface area contributed by atoms with Gasteiger partial charge in [0.25, 0.3) is 0 Å². The van der Waals surface area contributed by atoms with Gasteiger partial charge in [0.15, 0.2) is 0 Å². The second-order valence-corrected chi connectivity index (χ2v) is 16.8. The molecule has 1 aromatic heterocycles. The number of benzene rings is 1. The molecule has 6 atom stereocenters. The Morgan fingerprint density at radius 1 is 0.983 bits per heavy atom. The van der Waals surface area contributed by atoms with Gasteiger partial charge < -0.3 is 34.3 Å². The number of phosphoric ester groups is 1. The third-order valence-corrected chi connectivity index (χ3v) is 11.4. The topological polar surface area (TPSA) is 223 Å². The molecule has 3 rings (SSSR count). The highest BCUT2D eigenvalue weighted by atomic mass is 35.5. The zero-order valence-electron chi connectivity index (χ0n) is 34.1. The smallest absolute Gasteiger partial charge is 0.387 e. The molecule has 0 saturated carbocycles. The van der Waals surface area contributed by atoms with E-state index in [9.17, 15) is 30.2 Å². The molecule has 0 bridgehead atoms. The van der Waals surface area contributed by atoms with Crippen LogP contribution in [0.3, 0.4) is 0 Å². The molecule has 0 aliphatic carbocycles. The van der Waals surface area contributed by atoms with Gasteiger partial charge in [0.05, 0.1) is 55.2 Å². The minimum atomic E-state index is -4.78. The van der Waals surface area contributed by atoms with Crippen molar-refractivity contribution in [3.8, 4) is 12.1 Å². The fourth-order valence-corrected chi connectivity index (χ4v) is 7.85. The van der Waals surface area contributed by atoms with Crippen LogP contribution in [-0.2, 0) is 40.0 Å². The van der Waals surface area contributed by atoms with Gasteiger partial charge in [-0.05, 0) is 49.2 Å². The molecule has 16 heteroatoms. The average molecular weight is 848 g/mol. The van der Waals surface area contributed by atoms with Crippen LogP contribution in [-0.4, -0.2) is 83.0 Å². The summed E-state index contributed by atoms with van der Waals surface area (Å²) in [5, 5.41) is 48.6. The quantitative estimate of drug-likeness (QED) is 0.0209. The number of rotatable bonds is 31. The number of ether oxygens (including phenoxy) is 3. The SMILES string of the molecule is CCCCCCCCCCCCCCCCCCOC[C@H](COP(=O)(O)OC[C@H]1O[C@@](C#N)(c2ccc(/C(C)=N\C=N)[nH]2)[C@H](O)[C@@H]1O)OCc1cc(Cl)cc(C#N)c1. The molecule has 1 aromatic carbocycles. The van der Waals surface area contributed by atoms with Gasteiger partial charge >= 0.3 is 7.82 Å². The van der Waals surface area contributed by atoms with Crippen molar-refractivity contribution in [2.24, 2.45) is 4.99 Å². The normalized spacial score (nSPS) is 21.0.